The summed E-state index contributed by atoms with van der Waals surface area (Å²) in [5.41, 5.74) is 0.637. The molecule has 0 unspecified atom stereocenters. The molecule has 0 aliphatic heterocycles. The smallest absolute Gasteiger partial charge is 0.343 e. The summed E-state index contributed by atoms with van der Waals surface area (Å²) in [5, 5.41) is 9.16. The van der Waals surface area contributed by atoms with E-state index in [1.165, 1.54) is 27.7 Å². The molecule has 0 saturated heterocycles. The Morgan fingerprint density at radius 2 is 1.09 bits per heavy atom. The van der Waals surface area contributed by atoms with Gasteiger partial charge in [0.25, 0.3) is 0 Å². The number of esters is 2. The van der Waals surface area contributed by atoms with Crippen LogP contribution < -0.4 is 0 Å². The SMILES string of the molecule is CC(=O)/C(OC(=O)c1ccccc1)=C(/C)O.CC(=O)C(OC(=O)c1ccccc1)C(C)=O. The molecule has 0 bridgehead atoms. The van der Waals surface area contributed by atoms with Crippen molar-refractivity contribution in [2.75, 3.05) is 0 Å². The van der Waals surface area contributed by atoms with Crippen molar-refractivity contribution in [3.8, 4) is 0 Å². The lowest BCUT2D eigenvalue weighted by Crippen LogP contribution is -2.31. The second-order valence-electron chi connectivity index (χ2n) is 6.60. The molecule has 0 aromatic heterocycles. The van der Waals surface area contributed by atoms with Crippen LogP contribution in [0.5, 0.6) is 0 Å². The lowest BCUT2D eigenvalue weighted by molar-refractivity contribution is -0.136. The minimum atomic E-state index is -1.30. The highest BCUT2D eigenvalue weighted by Gasteiger charge is 2.24. The van der Waals surface area contributed by atoms with Crippen LogP contribution in [0.15, 0.2) is 72.2 Å². The molecule has 0 aliphatic carbocycles. The van der Waals surface area contributed by atoms with Crippen LogP contribution >= 0.6 is 0 Å². The van der Waals surface area contributed by atoms with E-state index in [0.717, 1.165) is 0 Å². The summed E-state index contributed by atoms with van der Waals surface area (Å²) in [4.78, 5) is 56.2. The van der Waals surface area contributed by atoms with Crippen LogP contribution in [0.3, 0.4) is 0 Å². The Balaban J connectivity index is 0.000000320. The third kappa shape index (κ3) is 8.35. The van der Waals surface area contributed by atoms with E-state index in [-0.39, 0.29) is 11.5 Å². The first kappa shape index (κ1) is 26.0. The maximum atomic E-state index is 11.5. The van der Waals surface area contributed by atoms with Crippen molar-refractivity contribution in [2.24, 2.45) is 0 Å². The first-order valence-electron chi connectivity index (χ1n) is 9.49. The van der Waals surface area contributed by atoms with Crippen LogP contribution in [0.4, 0.5) is 0 Å². The predicted molar refractivity (Wildman–Crippen MR) is 115 cm³/mol. The molecule has 1 N–H and O–H groups in total. The number of ether oxygens (including phenoxy) is 2. The number of aliphatic hydroxyl groups is 1. The minimum absolute atomic E-state index is 0.309. The molecule has 2 rings (SSSR count). The van der Waals surface area contributed by atoms with Gasteiger partial charge in [0, 0.05) is 6.92 Å². The first-order chi connectivity index (χ1) is 15.0. The number of carbonyl (C=O) groups is 5. The number of carbonyl (C=O) groups excluding carboxylic acids is 5. The van der Waals surface area contributed by atoms with Crippen LogP contribution in [-0.4, -0.2) is 40.5 Å². The van der Waals surface area contributed by atoms with Gasteiger partial charge in [0.1, 0.15) is 5.76 Å². The molecule has 0 fully saturated rings. The van der Waals surface area contributed by atoms with E-state index in [9.17, 15) is 24.0 Å². The van der Waals surface area contributed by atoms with Crippen molar-refractivity contribution >= 4 is 29.3 Å². The maximum absolute atomic E-state index is 11.5. The number of allylic oxidation sites excluding steroid dienone is 2. The second-order valence-corrected chi connectivity index (χ2v) is 6.60. The van der Waals surface area contributed by atoms with E-state index >= 15 is 0 Å². The Morgan fingerprint density at radius 3 is 1.44 bits per heavy atom. The fourth-order valence-corrected chi connectivity index (χ4v) is 2.33. The predicted octanol–water partition coefficient (Wildman–Crippen LogP) is 3.61. The molecule has 0 atom stereocenters. The number of aliphatic hydroxyl groups excluding tert-OH is 1. The summed E-state index contributed by atoms with van der Waals surface area (Å²) in [6.45, 7) is 4.93. The standard InChI is InChI=1S/2C12H12O4/c2*1-8(13)11(9(2)14)16-12(15)10-6-4-3-5-7-10/h3-7,13H,1-2H3;3-7,11H,1-2H3/b11-8+;. The van der Waals surface area contributed by atoms with Crippen LogP contribution in [0.2, 0.25) is 0 Å². The van der Waals surface area contributed by atoms with E-state index in [1.54, 1.807) is 60.7 Å². The van der Waals surface area contributed by atoms with Crippen molar-refractivity contribution in [3.05, 3.63) is 83.3 Å². The lowest BCUT2D eigenvalue weighted by Gasteiger charge is -2.11. The van der Waals surface area contributed by atoms with Gasteiger partial charge in [-0.3, -0.25) is 14.4 Å². The lowest BCUT2D eigenvalue weighted by atomic mass is 10.2. The summed E-state index contributed by atoms with van der Waals surface area (Å²) in [6, 6.07) is 16.5. The largest absolute Gasteiger partial charge is 0.509 e. The third-order valence-corrected chi connectivity index (χ3v) is 3.83. The first-order valence-corrected chi connectivity index (χ1v) is 9.49. The van der Waals surface area contributed by atoms with Crippen molar-refractivity contribution in [3.63, 3.8) is 0 Å². The van der Waals surface area contributed by atoms with E-state index in [0.29, 0.717) is 11.1 Å². The molecule has 0 heterocycles. The van der Waals surface area contributed by atoms with Gasteiger partial charge >= 0.3 is 11.9 Å². The Kier molecular flexibility index (Phi) is 10.2. The van der Waals surface area contributed by atoms with Gasteiger partial charge in [0.2, 0.25) is 11.9 Å². The Morgan fingerprint density at radius 1 is 0.688 bits per heavy atom. The van der Waals surface area contributed by atoms with Gasteiger partial charge in [-0.15, -0.1) is 0 Å². The molecule has 8 heteroatoms. The van der Waals surface area contributed by atoms with Gasteiger partial charge in [-0.25, -0.2) is 9.59 Å². The van der Waals surface area contributed by atoms with Crippen LogP contribution in [0.1, 0.15) is 48.4 Å². The molecule has 2 aromatic rings. The van der Waals surface area contributed by atoms with E-state index in [1.807, 2.05) is 0 Å². The van der Waals surface area contributed by atoms with Gasteiger partial charge in [0.15, 0.2) is 17.3 Å². The van der Waals surface area contributed by atoms with Crippen LogP contribution in [0, 0.1) is 0 Å². The highest BCUT2D eigenvalue weighted by molar-refractivity contribution is 6.05. The molecule has 2 aromatic carbocycles. The Bertz CT molecular complexity index is 989. The summed E-state index contributed by atoms with van der Waals surface area (Å²) in [7, 11) is 0. The zero-order chi connectivity index (χ0) is 24.3. The van der Waals surface area contributed by atoms with Gasteiger partial charge in [-0.05, 0) is 45.0 Å². The number of hydrogen-bond acceptors (Lipinski definition) is 8. The Hall–Kier alpha value is -4.07. The zero-order valence-electron chi connectivity index (χ0n) is 18.2. The molecular weight excluding hydrogens is 416 g/mol. The van der Waals surface area contributed by atoms with Crippen LogP contribution in [-0.2, 0) is 23.9 Å². The minimum Gasteiger partial charge on any atom is -0.509 e. The van der Waals surface area contributed by atoms with Gasteiger partial charge < -0.3 is 14.6 Å². The molecule has 8 nitrogen and oxygen atoms in total. The average molecular weight is 440 g/mol. The molecular formula is C24H24O8. The van der Waals surface area contributed by atoms with E-state index < -0.39 is 35.4 Å². The summed E-state index contributed by atoms with van der Waals surface area (Å²) < 4.78 is 9.62. The van der Waals surface area contributed by atoms with Gasteiger partial charge in [0.05, 0.1) is 11.1 Å². The van der Waals surface area contributed by atoms with Gasteiger partial charge in [-0.1, -0.05) is 36.4 Å². The van der Waals surface area contributed by atoms with E-state index in [2.05, 4.69) is 0 Å². The highest BCUT2D eigenvalue weighted by Crippen LogP contribution is 2.10. The molecule has 32 heavy (non-hydrogen) atoms. The van der Waals surface area contributed by atoms with Gasteiger partial charge in [-0.2, -0.15) is 0 Å². The number of hydrogen-bond donors (Lipinski definition) is 1. The monoisotopic (exact) mass is 440 g/mol. The second kappa shape index (κ2) is 12.6. The topological polar surface area (TPSA) is 124 Å². The quantitative estimate of drug-likeness (QED) is 0.300. The molecule has 0 aliphatic rings. The zero-order valence-corrected chi connectivity index (χ0v) is 18.2. The highest BCUT2D eigenvalue weighted by atomic mass is 16.6. The number of ketones is 3. The van der Waals surface area contributed by atoms with Crippen molar-refractivity contribution in [1.29, 1.82) is 0 Å². The third-order valence-electron chi connectivity index (χ3n) is 3.83. The number of benzene rings is 2. The summed E-state index contributed by atoms with van der Waals surface area (Å²) in [6.07, 6.45) is -1.30. The van der Waals surface area contributed by atoms with E-state index in [4.69, 9.17) is 14.6 Å². The normalized spacial score (nSPS) is 10.8. The number of rotatable bonds is 7. The molecule has 168 valence electrons. The maximum Gasteiger partial charge on any atom is 0.343 e. The molecule has 0 spiro atoms. The summed E-state index contributed by atoms with van der Waals surface area (Å²) >= 11 is 0. The van der Waals surface area contributed by atoms with Crippen molar-refractivity contribution < 1.29 is 38.6 Å². The molecule has 0 amide bonds. The van der Waals surface area contributed by atoms with Crippen molar-refractivity contribution in [2.45, 2.75) is 33.8 Å². The molecule has 0 radical (unpaired) electrons. The molecule has 0 saturated carbocycles. The van der Waals surface area contributed by atoms with Crippen molar-refractivity contribution in [1.82, 2.24) is 0 Å². The van der Waals surface area contributed by atoms with Crippen LogP contribution in [0.25, 0.3) is 0 Å². The average Bonchev–Trinajstić information content (AvgIpc) is 2.76. The fourth-order valence-electron chi connectivity index (χ4n) is 2.33. The summed E-state index contributed by atoms with van der Waals surface area (Å²) in [5.74, 6) is -3.42. The number of Topliss-reactive ketones (excluding diaryl/α,β-unsaturated/α-hetero) is 3. The Labute approximate surface area is 185 Å². The fraction of sp³-hybridized carbons (Fsp3) is 0.208.